The van der Waals surface area contributed by atoms with Crippen molar-refractivity contribution in [3.8, 4) is 5.88 Å². The molecule has 2 aromatic heterocycles. The van der Waals surface area contributed by atoms with Crippen LogP contribution >= 0.6 is 0 Å². The molecule has 2 heterocycles. The maximum Gasteiger partial charge on any atom is 0.388 e. The largest absolute Gasteiger partial charge is 0.415 e. The van der Waals surface area contributed by atoms with Crippen molar-refractivity contribution < 1.29 is 35.5 Å². The number of halogens is 4. The molecule has 0 radical (unpaired) electrons. The third-order valence-corrected chi connectivity index (χ3v) is 5.85. The normalized spacial score (nSPS) is 18.4. The number of carbonyl (C=O) groups excluding carboxylic acids is 1. The van der Waals surface area contributed by atoms with Crippen LogP contribution in [0.5, 0.6) is 5.88 Å². The van der Waals surface area contributed by atoms with E-state index in [0.717, 1.165) is 17.0 Å². The second kappa shape index (κ2) is 8.44. The lowest BCUT2D eigenvalue weighted by atomic mass is 10.1. The lowest BCUT2D eigenvalue weighted by Crippen LogP contribution is -2.22. The van der Waals surface area contributed by atoms with Gasteiger partial charge in [-0.3, -0.25) is 9.48 Å². The number of rotatable bonds is 7. The van der Waals surface area contributed by atoms with Gasteiger partial charge in [0.05, 0.1) is 0 Å². The number of alkyl halides is 4. The predicted molar refractivity (Wildman–Crippen MR) is 101 cm³/mol. The first-order valence-electron chi connectivity index (χ1n) is 9.23. The zero-order valence-electron chi connectivity index (χ0n) is 16.6. The number of nitrogens with one attached hydrogen (secondary N) is 1. The smallest absolute Gasteiger partial charge is 0.388 e. The van der Waals surface area contributed by atoms with Crippen LogP contribution in [-0.4, -0.2) is 47.9 Å². The number of hydrogen-bond donors (Lipinski definition) is 1. The maximum atomic E-state index is 13.5. The molecule has 170 valence electrons. The molecule has 31 heavy (non-hydrogen) atoms. The van der Waals surface area contributed by atoms with Crippen LogP contribution in [0.4, 0.5) is 23.2 Å². The van der Waals surface area contributed by atoms with Crippen molar-refractivity contribution in [3.05, 3.63) is 29.6 Å². The number of sulfone groups is 1. The molecule has 0 spiro atoms. The van der Waals surface area contributed by atoms with Gasteiger partial charge in [0.2, 0.25) is 11.8 Å². The van der Waals surface area contributed by atoms with Crippen LogP contribution in [0.3, 0.4) is 0 Å². The number of aromatic nitrogens is 3. The predicted octanol–water partition coefficient (Wildman–Crippen LogP) is 3.28. The molecule has 0 aromatic carbocycles. The summed E-state index contributed by atoms with van der Waals surface area (Å²) in [6.45, 7) is -1.93. The van der Waals surface area contributed by atoms with Crippen LogP contribution < -0.4 is 10.1 Å². The highest BCUT2D eigenvalue weighted by molar-refractivity contribution is 7.90. The van der Waals surface area contributed by atoms with E-state index in [0.29, 0.717) is 0 Å². The molecule has 8 nitrogen and oxygen atoms in total. The van der Waals surface area contributed by atoms with E-state index in [1.165, 1.54) is 19.2 Å². The van der Waals surface area contributed by atoms with Crippen molar-refractivity contribution in [2.75, 3.05) is 11.6 Å². The Labute approximate surface area is 175 Å². The zero-order valence-corrected chi connectivity index (χ0v) is 17.4. The van der Waals surface area contributed by atoms with Gasteiger partial charge in [0, 0.05) is 43.1 Å². The summed E-state index contributed by atoms with van der Waals surface area (Å²) in [5.74, 6) is -4.60. The lowest BCUT2D eigenvalue weighted by molar-refractivity contribution is -0.0537. The number of amides is 1. The Kier molecular flexibility index (Phi) is 6.25. The third-order valence-electron chi connectivity index (χ3n) is 4.87. The summed E-state index contributed by atoms with van der Waals surface area (Å²) in [5.41, 5.74) is -0.0557. The van der Waals surface area contributed by atoms with E-state index < -0.39 is 46.5 Å². The topological polar surface area (TPSA) is 103 Å². The molecule has 0 saturated heterocycles. The first kappa shape index (κ1) is 23.0. The molecular formula is C18H20F4N4O4S. The van der Waals surface area contributed by atoms with Crippen molar-refractivity contribution in [3.63, 3.8) is 0 Å². The van der Waals surface area contributed by atoms with E-state index in [1.54, 1.807) is 0 Å². The molecule has 1 aliphatic rings. The standard InChI is InChI=1S/C18H20F4N4O4S/c1-10-14(15(27)24-12-4-6-23-13(7-12)31(2,28)29)26(25-16(10)30-17(19)20)9-11-3-5-18(21,22)8-11/h4,6-7,11,17H,3,5,8-9H2,1-2H3,(H,23,24,27). The molecule has 1 unspecified atom stereocenters. The number of ether oxygens (including phenoxy) is 1. The fourth-order valence-electron chi connectivity index (χ4n) is 3.47. The van der Waals surface area contributed by atoms with Gasteiger partial charge in [0.15, 0.2) is 14.9 Å². The molecule has 1 atom stereocenters. The van der Waals surface area contributed by atoms with Gasteiger partial charge >= 0.3 is 6.61 Å². The first-order valence-corrected chi connectivity index (χ1v) is 11.1. The van der Waals surface area contributed by atoms with Gasteiger partial charge in [-0.1, -0.05) is 0 Å². The summed E-state index contributed by atoms with van der Waals surface area (Å²) in [7, 11) is -3.63. The van der Waals surface area contributed by atoms with Crippen molar-refractivity contribution in [2.24, 2.45) is 5.92 Å². The van der Waals surface area contributed by atoms with Gasteiger partial charge in [0.1, 0.15) is 5.69 Å². The van der Waals surface area contributed by atoms with Crippen molar-refractivity contribution in [1.82, 2.24) is 14.8 Å². The van der Waals surface area contributed by atoms with Gasteiger partial charge in [-0.2, -0.15) is 8.78 Å². The summed E-state index contributed by atoms with van der Waals surface area (Å²) in [6, 6.07) is 2.48. The van der Waals surface area contributed by atoms with E-state index >= 15 is 0 Å². The Bertz CT molecular complexity index is 1090. The molecule has 3 rings (SSSR count). The van der Waals surface area contributed by atoms with Gasteiger partial charge in [-0.05, 0) is 31.4 Å². The summed E-state index contributed by atoms with van der Waals surface area (Å²) < 4.78 is 81.3. The molecule has 1 N–H and O–H groups in total. The highest BCUT2D eigenvalue weighted by Crippen LogP contribution is 2.40. The van der Waals surface area contributed by atoms with E-state index in [-0.39, 0.29) is 41.4 Å². The average molecular weight is 464 g/mol. The summed E-state index contributed by atoms with van der Waals surface area (Å²) >= 11 is 0. The maximum absolute atomic E-state index is 13.5. The monoisotopic (exact) mass is 464 g/mol. The molecule has 1 fully saturated rings. The summed E-state index contributed by atoms with van der Waals surface area (Å²) in [6.07, 6.45) is 1.62. The molecule has 1 aliphatic carbocycles. The van der Waals surface area contributed by atoms with Crippen molar-refractivity contribution >= 4 is 21.4 Å². The SMILES string of the molecule is Cc1c(OC(F)F)nn(CC2CCC(F)(F)C2)c1C(=O)Nc1ccnc(S(C)(=O)=O)c1. The first-order chi connectivity index (χ1) is 14.4. The molecule has 13 heteroatoms. The van der Waals surface area contributed by atoms with Crippen molar-refractivity contribution in [2.45, 2.75) is 50.3 Å². The molecule has 0 bridgehead atoms. The summed E-state index contributed by atoms with van der Waals surface area (Å²) in [5, 5.41) is 6.07. The van der Waals surface area contributed by atoms with E-state index in [1.807, 2.05) is 0 Å². The Balaban J connectivity index is 1.91. The minimum absolute atomic E-state index is 0.0000465. The number of hydrogen-bond acceptors (Lipinski definition) is 6. The average Bonchev–Trinajstić information content (AvgIpc) is 3.13. The van der Waals surface area contributed by atoms with Gasteiger partial charge in [-0.15, -0.1) is 5.10 Å². The number of pyridine rings is 1. The molecule has 1 amide bonds. The highest BCUT2D eigenvalue weighted by Gasteiger charge is 2.40. The number of carbonyl (C=O) groups is 1. The van der Waals surface area contributed by atoms with Crippen LogP contribution in [0.2, 0.25) is 0 Å². The van der Waals surface area contributed by atoms with E-state index in [4.69, 9.17) is 0 Å². The molecule has 1 saturated carbocycles. The lowest BCUT2D eigenvalue weighted by Gasteiger charge is -2.13. The van der Waals surface area contributed by atoms with E-state index in [2.05, 4.69) is 20.1 Å². The highest BCUT2D eigenvalue weighted by atomic mass is 32.2. The fraction of sp³-hybridized carbons (Fsp3) is 0.500. The second-order valence-electron chi connectivity index (χ2n) is 7.41. The van der Waals surface area contributed by atoms with Gasteiger partial charge < -0.3 is 10.1 Å². The van der Waals surface area contributed by atoms with Crippen LogP contribution in [0.25, 0.3) is 0 Å². The van der Waals surface area contributed by atoms with E-state index in [9.17, 15) is 30.8 Å². The minimum atomic E-state index is -3.63. The molecule has 2 aromatic rings. The second-order valence-corrected chi connectivity index (χ2v) is 9.38. The van der Waals surface area contributed by atoms with Crippen LogP contribution in [0.15, 0.2) is 23.4 Å². The Morgan fingerprint density at radius 3 is 2.71 bits per heavy atom. The zero-order chi connectivity index (χ0) is 23.0. The van der Waals surface area contributed by atoms with Crippen LogP contribution in [0, 0.1) is 12.8 Å². The number of anilines is 1. The minimum Gasteiger partial charge on any atom is -0.415 e. The van der Waals surface area contributed by atoms with Gasteiger partial charge in [0.25, 0.3) is 5.91 Å². The quantitative estimate of drug-likeness (QED) is 0.631. The molecule has 0 aliphatic heterocycles. The fourth-order valence-corrected chi connectivity index (χ4v) is 4.06. The Hall–Kier alpha value is -2.70. The van der Waals surface area contributed by atoms with Crippen LogP contribution in [-0.2, 0) is 16.4 Å². The molecular weight excluding hydrogens is 444 g/mol. The van der Waals surface area contributed by atoms with Crippen molar-refractivity contribution in [1.29, 1.82) is 0 Å². The van der Waals surface area contributed by atoms with Crippen LogP contribution in [0.1, 0.15) is 35.3 Å². The summed E-state index contributed by atoms with van der Waals surface area (Å²) in [4.78, 5) is 16.6. The Morgan fingerprint density at radius 1 is 1.42 bits per heavy atom. The third kappa shape index (κ3) is 5.51. The van der Waals surface area contributed by atoms with Gasteiger partial charge in [-0.25, -0.2) is 22.2 Å². The number of nitrogens with zero attached hydrogens (tertiary/aromatic N) is 3. The Morgan fingerprint density at radius 2 is 2.13 bits per heavy atom.